The van der Waals surface area contributed by atoms with Crippen LogP contribution < -0.4 is 4.90 Å². The fourth-order valence-corrected chi connectivity index (χ4v) is 4.95. The molecule has 1 saturated heterocycles. The van der Waals surface area contributed by atoms with Crippen LogP contribution in [0.3, 0.4) is 0 Å². The molecular weight excluding hydrogens is 267 g/mol. The molecule has 4 unspecified atom stereocenters. The number of fused-ring (bicyclic) bond motifs is 3. The Morgan fingerprint density at radius 1 is 1.18 bits per heavy atom. The molecule has 0 saturated carbocycles. The highest BCUT2D eigenvalue weighted by Gasteiger charge is 2.46. The van der Waals surface area contributed by atoms with Crippen LogP contribution in [0.2, 0.25) is 0 Å². The quantitative estimate of drug-likeness (QED) is 0.727. The van der Waals surface area contributed by atoms with E-state index in [0.717, 1.165) is 19.5 Å². The number of hydrogen-bond donors (Lipinski definition) is 0. The van der Waals surface area contributed by atoms with Crippen LogP contribution in [-0.2, 0) is 0 Å². The van der Waals surface area contributed by atoms with Gasteiger partial charge in [0.25, 0.3) is 0 Å². The van der Waals surface area contributed by atoms with Gasteiger partial charge in [-0.25, -0.2) is 0 Å². The average Bonchev–Trinajstić information content (AvgIpc) is 2.80. The monoisotopic (exact) mass is 296 g/mol. The number of likely N-dealkylation sites (N-methyl/N-ethyl adjacent to an activating group) is 1. The lowest BCUT2D eigenvalue weighted by Gasteiger charge is -2.48. The third kappa shape index (κ3) is 2.38. The van der Waals surface area contributed by atoms with Gasteiger partial charge in [-0.3, -0.25) is 0 Å². The molecule has 118 valence electrons. The molecule has 2 heterocycles. The second kappa shape index (κ2) is 5.60. The van der Waals surface area contributed by atoms with Crippen LogP contribution in [0.25, 0.3) is 0 Å². The SMILES string of the molecule is [B]N1CC(C)C2C(c3ccccc3N2CC)C(C)CC1(C)C. The van der Waals surface area contributed by atoms with Crippen molar-refractivity contribution in [2.24, 2.45) is 11.8 Å². The largest absolute Gasteiger partial charge is 0.368 e. The van der Waals surface area contributed by atoms with Crippen LogP contribution in [0.4, 0.5) is 5.69 Å². The van der Waals surface area contributed by atoms with Crippen molar-refractivity contribution >= 4 is 13.7 Å². The summed E-state index contributed by atoms with van der Waals surface area (Å²) < 4.78 is 0. The number of anilines is 1. The van der Waals surface area contributed by atoms with Gasteiger partial charge in [0.15, 0.2) is 7.98 Å². The van der Waals surface area contributed by atoms with Gasteiger partial charge in [-0.15, -0.1) is 0 Å². The second-order valence-electron chi connectivity index (χ2n) is 7.98. The van der Waals surface area contributed by atoms with Crippen molar-refractivity contribution in [1.29, 1.82) is 0 Å². The first kappa shape index (κ1) is 15.9. The summed E-state index contributed by atoms with van der Waals surface area (Å²) in [4.78, 5) is 4.70. The van der Waals surface area contributed by atoms with Gasteiger partial charge in [-0.05, 0) is 57.2 Å². The molecule has 22 heavy (non-hydrogen) atoms. The Bertz CT molecular complexity index is 542. The van der Waals surface area contributed by atoms with Crippen molar-refractivity contribution in [3.63, 3.8) is 0 Å². The van der Waals surface area contributed by atoms with E-state index in [1.165, 1.54) is 5.69 Å². The van der Waals surface area contributed by atoms with Gasteiger partial charge in [0.1, 0.15) is 0 Å². The zero-order valence-corrected chi connectivity index (χ0v) is 14.7. The lowest BCUT2D eigenvalue weighted by Crippen LogP contribution is -2.53. The smallest absolute Gasteiger partial charge is 0.183 e. The Morgan fingerprint density at radius 3 is 2.55 bits per heavy atom. The molecule has 0 bridgehead atoms. The summed E-state index contributed by atoms with van der Waals surface area (Å²) in [5.74, 6) is 1.81. The van der Waals surface area contributed by atoms with E-state index in [1.54, 1.807) is 5.56 Å². The highest BCUT2D eigenvalue weighted by Crippen LogP contribution is 2.50. The van der Waals surface area contributed by atoms with Crippen LogP contribution in [0, 0.1) is 11.8 Å². The molecule has 0 aromatic heterocycles. The normalized spacial score (nSPS) is 34.7. The molecule has 0 amide bonds. The third-order valence-corrected chi connectivity index (χ3v) is 5.95. The Balaban J connectivity index is 2.06. The van der Waals surface area contributed by atoms with Crippen LogP contribution in [0.5, 0.6) is 0 Å². The number of hydrogen-bond acceptors (Lipinski definition) is 2. The number of nitrogens with zero attached hydrogens (tertiary/aromatic N) is 2. The summed E-state index contributed by atoms with van der Waals surface area (Å²) in [5.41, 5.74) is 3.06. The lowest BCUT2D eigenvalue weighted by molar-refractivity contribution is 0.121. The van der Waals surface area contributed by atoms with Gasteiger partial charge >= 0.3 is 0 Å². The fourth-order valence-electron chi connectivity index (χ4n) is 4.95. The van der Waals surface area contributed by atoms with Crippen molar-refractivity contribution in [2.75, 3.05) is 18.0 Å². The molecule has 0 aliphatic carbocycles. The van der Waals surface area contributed by atoms with Gasteiger partial charge in [0.2, 0.25) is 0 Å². The van der Waals surface area contributed by atoms with Gasteiger partial charge in [-0.1, -0.05) is 32.0 Å². The Labute approximate surface area is 137 Å². The minimum Gasteiger partial charge on any atom is -0.368 e. The van der Waals surface area contributed by atoms with Gasteiger partial charge in [0.05, 0.1) is 0 Å². The molecule has 0 N–H and O–H groups in total. The van der Waals surface area contributed by atoms with E-state index in [4.69, 9.17) is 7.98 Å². The predicted molar refractivity (Wildman–Crippen MR) is 95.5 cm³/mol. The topological polar surface area (TPSA) is 6.48 Å². The molecule has 2 aliphatic rings. The fraction of sp³-hybridized carbons (Fsp3) is 0.684. The van der Waals surface area contributed by atoms with E-state index in [0.29, 0.717) is 23.8 Å². The van der Waals surface area contributed by atoms with Crippen LogP contribution >= 0.6 is 0 Å². The van der Waals surface area contributed by atoms with E-state index in [2.05, 4.69) is 68.6 Å². The lowest BCUT2D eigenvalue weighted by atomic mass is 9.71. The van der Waals surface area contributed by atoms with Crippen molar-refractivity contribution < 1.29 is 0 Å². The van der Waals surface area contributed by atoms with Crippen LogP contribution in [0.15, 0.2) is 24.3 Å². The van der Waals surface area contributed by atoms with Gasteiger partial charge in [0, 0.05) is 29.7 Å². The molecular formula is C19H29BN2. The third-order valence-electron chi connectivity index (χ3n) is 5.95. The summed E-state index contributed by atoms with van der Waals surface area (Å²) in [6.07, 6.45) is 1.14. The first-order chi connectivity index (χ1) is 10.4. The average molecular weight is 296 g/mol. The first-order valence-electron chi connectivity index (χ1n) is 8.74. The zero-order chi connectivity index (χ0) is 16.1. The van der Waals surface area contributed by atoms with Crippen LogP contribution in [-0.4, -0.2) is 37.5 Å². The maximum absolute atomic E-state index is 6.42. The Kier molecular flexibility index (Phi) is 4.05. The minimum absolute atomic E-state index is 0.0627. The Hall–Kier alpha value is -0.955. The van der Waals surface area contributed by atoms with Crippen molar-refractivity contribution in [3.05, 3.63) is 29.8 Å². The van der Waals surface area contributed by atoms with E-state index < -0.39 is 0 Å². The van der Waals surface area contributed by atoms with Gasteiger partial charge in [-0.2, -0.15) is 0 Å². The van der Waals surface area contributed by atoms with Gasteiger partial charge < -0.3 is 9.71 Å². The molecule has 1 fully saturated rings. The second-order valence-corrected chi connectivity index (χ2v) is 7.98. The maximum atomic E-state index is 6.42. The highest BCUT2D eigenvalue weighted by molar-refractivity contribution is 6.04. The molecule has 1 aromatic rings. The van der Waals surface area contributed by atoms with E-state index >= 15 is 0 Å². The highest BCUT2D eigenvalue weighted by atomic mass is 15.2. The number of benzene rings is 1. The summed E-state index contributed by atoms with van der Waals surface area (Å²) in [6, 6.07) is 9.59. The van der Waals surface area contributed by atoms with E-state index in [9.17, 15) is 0 Å². The van der Waals surface area contributed by atoms with Crippen molar-refractivity contribution in [2.45, 2.75) is 58.5 Å². The van der Waals surface area contributed by atoms with E-state index in [1.807, 2.05) is 0 Å². The number of rotatable bonds is 1. The van der Waals surface area contributed by atoms with E-state index in [-0.39, 0.29) is 5.54 Å². The van der Waals surface area contributed by atoms with Crippen molar-refractivity contribution in [3.8, 4) is 0 Å². The summed E-state index contributed by atoms with van der Waals surface area (Å²) in [5, 5.41) is 0. The molecule has 2 radical (unpaired) electrons. The van der Waals surface area contributed by atoms with Crippen molar-refractivity contribution in [1.82, 2.24) is 4.81 Å². The molecule has 0 spiro atoms. The molecule has 3 heteroatoms. The molecule has 2 nitrogen and oxygen atoms in total. The maximum Gasteiger partial charge on any atom is 0.183 e. The molecule has 2 aliphatic heterocycles. The zero-order valence-electron chi connectivity index (χ0n) is 14.7. The Morgan fingerprint density at radius 2 is 1.86 bits per heavy atom. The number of para-hydroxylation sites is 1. The first-order valence-corrected chi connectivity index (χ1v) is 8.74. The summed E-state index contributed by atoms with van der Waals surface area (Å²) in [6.45, 7) is 13.7. The summed E-state index contributed by atoms with van der Waals surface area (Å²) in [7, 11) is 6.42. The molecule has 1 aromatic carbocycles. The molecule has 4 atom stereocenters. The summed E-state index contributed by atoms with van der Waals surface area (Å²) >= 11 is 0. The standard InChI is InChI=1S/C19H29BN2/c1-6-21-16-10-8-7-9-15(16)17-13(2)11-19(4,5)22(20)12-14(3)18(17)21/h7-10,13-14,17-18H,6,11-12H2,1-5H3. The molecule has 3 rings (SSSR count). The van der Waals surface area contributed by atoms with Crippen LogP contribution in [0.1, 0.15) is 52.5 Å². The predicted octanol–water partition coefficient (Wildman–Crippen LogP) is 3.82. The minimum atomic E-state index is 0.0627.